The molecular weight excluding hydrogens is 198 g/mol. The third-order valence-corrected chi connectivity index (χ3v) is 1.90. The molecule has 82 valence electrons. The summed E-state index contributed by atoms with van der Waals surface area (Å²) in [6, 6.07) is -3.49. The Kier molecular flexibility index (Phi) is 2.19. The van der Waals surface area contributed by atoms with Gasteiger partial charge in [-0.15, -0.1) is 0 Å². The highest BCUT2D eigenvalue weighted by molar-refractivity contribution is 5.82. The number of aliphatic hydroxyl groups excluding tert-OH is 1. The van der Waals surface area contributed by atoms with Crippen molar-refractivity contribution in [1.29, 1.82) is 0 Å². The van der Waals surface area contributed by atoms with Crippen LogP contribution in [0.1, 0.15) is 22.7 Å². The molecule has 0 aliphatic rings. The molecule has 0 aliphatic carbocycles. The van der Waals surface area contributed by atoms with Gasteiger partial charge in [-0.1, -0.05) is 6.04 Å². The van der Waals surface area contributed by atoms with Crippen molar-refractivity contribution in [2.24, 2.45) is 5.73 Å². The van der Waals surface area contributed by atoms with Crippen LogP contribution in [0.3, 0.4) is 0 Å². The molecule has 0 heterocycles. The van der Waals surface area contributed by atoms with Crippen LogP contribution in [0.4, 0.5) is 0 Å². The number of nitrogens with two attached hydrogens (primary N) is 1. The normalized spacial score (nSPS) is 17.4. The van der Waals surface area contributed by atoms with Crippen molar-refractivity contribution in [1.82, 2.24) is 0 Å². The molecule has 0 radical (unpaired) electrons. The van der Waals surface area contributed by atoms with Crippen LogP contribution in [0.15, 0.2) is 18.1 Å². The molecule has 2 atom stereocenters. The standard InChI is InChI=1S/C10H13NO4/c1-5(12)9(11)10(15)6-2-3-7(13)8(14)4-6/h2-4,9-10,13-15H,11H2,1H3/t9-,10+/m1/s1/i2D,3D,4D. The molecule has 0 saturated carbocycles. The molecule has 0 saturated heterocycles. The zero-order chi connectivity index (χ0) is 14.2. The van der Waals surface area contributed by atoms with Crippen LogP contribution in [0, 0.1) is 0 Å². The van der Waals surface area contributed by atoms with E-state index in [-0.39, 0.29) is 0 Å². The fourth-order valence-electron chi connectivity index (χ4n) is 0.954. The van der Waals surface area contributed by atoms with Crippen molar-refractivity contribution in [3.63, 3.8) is 0 Å². The van der Waals surface area contributed by atoms with Crippen molar-refractivity contribution >= 4 is 5.78 Å². The summed E-state index contributed by atoms with van der Waals surface area (Å²) >= 11 is 0. The van der Waals surface area contributed by atoms with Crippen LogP contribution < -0.4 is 5.73 Å². The summed E-state index contributed by atoms with van der Waals surface area (Å²) in [4.78, 5) is 11.1. The number of ketones is 1. The Labute approximate surface area is 91.0 Å². The molecule has 1 rings (SSSR count). The lowest BCUT2D eigenvalue weighted by molar-refractivity contribution is -0.120. The number of hydrogen-bond acceptors (Lipinski definition) is 5. The number of aromatic hydroxyl groups is 2. The van der Waals surface area contributed by atoms with Crippen LogP contribution in [0.25, 0.3) is 0 Å². The summed E-state index contributed by atoms with van der Waals surface area (Å²) in [5, 5.41) is 28.4. The summed E-state index contributed by atoms with van der Waals surface area (Å²) in [5.74, 6) is -2.42. The second-order valence-corrected chi connectivity index (χ2v) is 3.07. The lowest BCUT2D eigenvalue weighted by Crippen LogP contribution is -2.35. The Morgan fingerprint density at radius 1 is 1.47 bits per heavy atom. The molecule has 0 unspecified atom stereocenters. The smallest absolute Gasteiger partial charge is 0.157 e. The SMILES string of the molecule is [2H]c1c([2H])c([C@H](O)[C@H](N)C(C)=O)c([2H])c(O)c1O. The summed E-state index contributed by atoms with van der Waals surface area (Å²) in [6.45, 7) is 1.13. The number of benzene rings is 1. The second-order valence-electron chi connectivity index (χ2n) is 3.07. The predicted molar refractivity (Wildman–Crippen MR) is 53.4 cm³/mol. The van der Waals surface area contributed by atoms with E-state index in [1.54, 1.807) is 0 Å². The van der Waals surface area contributed by atoms with E-state index in [0.717, 1.165) is 6.92 Å². The van der Waals surface area contributed by atoms with Crippen molar-refractivity contribution < 1.29 is 24.2 Å². The minimum Gasteiger partial charge on any atom is -0.504 e. The Morgan fingerprint density at radius 2 is 2.07 bits per heavy atom. The van der Waals surface area contributed by atoms with Crippen molar-refractivity contribution in [3.05, 3.63) is 23.7 Å². The lowest BCUT2D eigenvalue weighted by atomic mass is 10.00. The van der Waals surface area contributed by atoms with Crippen molar-refractivity contribution in [2.75, 3.05) is 0 Å². The summed E-state index contributed by atoms with van der Waals surface area (Å²) in [7, 11) is 0. The molecule has 1 aromatic rings. The number of phenols is 2. The zero-order valence-electron chi connectivity index (χ0n) is 11.0. The first kappa shape index (κ1) is 7.67. The van der Waals surface area contributed by atoms with Gasteiger partial charge in [-0.3, -0.25) is 4.79 Å². The molecular formula is C10H13NO4. The zero-order valence-corrected chi connectivity index (χ0v) is 7.98. The molecule has 15 heavy (non-hydrogen) atoms. The van der Waals surface area contributed by atoms with Gasteiger partial charge in [0.15, 0.2) is 11.5 Å². The molecule has 0 fully saturated rings. The molecule has 5 N–H and O–H groups in total. The molecule has 0 aliphatic heterocycles. The summed E-state index contributed by atoms with van der Waals surface area (Å²) < 4.78 is 22.4. The van der Waals surface area contributed by atoms with Crippen LogP contribution in [0.5, 0.6) is 11.5 Å². The highest BCUT2D eigenvalue weighted by Gasteiger charge is 2.21. The lowest BCUT2D eigenvalue weighted by Gasteiger charge is -2.16. The Hall–Kier alpha value is -1.59. The molecule has 5 heteroatoms. The van der Waals surface area contributed by atoms with Crippen LogP contribution in [-0.2, 0) is 4.79 Å². The van der Waals surface area contributed by atoms with Crippen LogP contribution in [-0.4, -0.2) is 27.1 Å². The van der Waals surface area contributed by atoms with E-state index >= 15 is 0 Å². The van der Waals surface area contributed by atoms with Crippen LogP contribution in [0.2, 0.25) is 0 Å². The third-order valence-electron chi connectivity index (χ3n) is 1.90. The van der Waals surface area contributed by atoms with E-state index in [1.165, 1.54) is 0 Å². The number of rotatable bonds is 3. The van der Waals surface area contributed by atoms with Gasteiger partial charge >= 0.3 is 0 Å². The third kappa shape index (κ3) is 2.45. The molecule has 0 spiro atoms. The number of aliphatic hydroxyl groups is 1. The summed E-state index contributed by atoms with van der Waals surface area (Å²) in [5.41, 5.74) is 4.94. The average Bonchev–Trinajstić information content (AvgIpc) is 2.32. The molecule has 1 aromatic carbocycles. The first-order valence-corrected chi connectivity index (χ1v) is 4.15. The van der Waals surface area contributed by atoms with Gasteiger partial charge < -0.3 is 21.1 Å². The van der Waals surface area contributed by atoms with Gasteiger partial charge in [0.2, 0.25) is 0 Å². The quantitative estimate of drug-likeness (QED) is 0.532. The minimum absolute atomic E-state index is 0.460. The highest BCUT2D eigenvalue weighted by Crippen LogP contribution is 2.28. The second kappa shape index (κ2) is 4.29. The first-order valence-electron chi connectivity index (χ1n) is 5.65. The van der Waals surface area contributed by atoms with Gasteiger partial charge in [0.25, 0.3) is 0 Å². The van der Waals surface area contributed by atoms with Crippen LogP contribution >= 0.6 is 0 Å². The largest absolute Gasteiger partial charge is 0.504 e. The van der Waals surface area contributed by atoms with E-state index in [2.05, 4.69) is 0 Å². The number of phenolic OH excluding ortho intramolecular Hbond substituents is 2. The van der Waals surface area contributed by atoms with Crippen molar-refractivity contribution in [2.45, 2.75) is 19.1 Å². The number of Topliss-reactive ketones (excluding diaryl/α,β-unsaturated/α-hetero) is 1. The number of carbonyl (C=O) groups excluding carboxylic acids is 1. The molecule has 5 nitrogen and oxygen atoms in total. The summed E-state index contributed by atoms with van der Waals surface area (Å²) in [6.07, 6.45) is -1.70. The molecule has 0 amide bonds. The first-order chi connectivity index (χ1) is 8.20. The predicted octanol–water partition coefficient (Wildman–Crippen LogP) is 0.0475. The monoisotopic (exact) mass is 214 g/mol. The number of hydrogen-bond donors (Lipinski definition) is 4. The Morgan fingerprint density at radius 3 is 2.60 bits per heavy atom. The van der Waals surface area contributed by atoms with E-state index in [9.17, 15) is 20.1 Å². The Bertz CT molecular complexity index is 477. The minimum atomic E-state index is -1.70. The highest BCUT2D eigenvalue weighted by atomic mass is 16.3. The van der Waals surface area contributed by atoms with Gasteiger partial charge in [-0.2, -0.15) is 0 Å². The van der Waals surface area contributed by atoms with Crippen molar-refractivity contribution in [3.8, 4) is 11.5 Å². The fraction of sp³-hybridized carbons (Fsp3) is 0.300. The maximum Gasteiger partial charge on any atom is 0.157 e. The topological polar surface area (TPSA) is 104 Å². The molecule has 0 aromatic heterocycles. The van der Waals surface area contributed by atoms with E-state index in [1.807, 2.05) is 0 Å². The fourth-order valence-corrected chi connectivity index (χ4v) is 0.954. The van der Waals surface area contributed by atoms with Gasteiger partial charge in [-0.25, -0.2) is 0 Å². The van der Waals surface area contributed by atoms with E-state index < -0.39 is 53.1 Å². The number of carbonyl (C=O) groups is 1. The molecule has 0 bridgehead atoms. The average molecular weight is 214 g/mol. The van der Waals surface area contributed by atoms with Gasteiger partial charge in [0.05, 0.1) is 10.2 Å². The van der Waals surface area contributed by atoms with Gasteiger partial charge in [-0.05, 0) is 24.6 Å². The maximum absolute atomic E-state index is 11.1. The van der Waals surface area contributed by atoms with E-state index in [0.29, 0.717) is 0 Å². The maximum atomic E-state index is 11.1. The van der Waals surface area contributed by atoms with Gasteiger partial charge in [0, 0.05) is 0 Å². The Balaban J connectivity index is 3.46. The van der Waals surface area contributed by atoms with E-state index in [4.69, 9.17) is 9.85 Å². The van der Waals surface area contributed by atoms with Gasteiger partial charge in [0.1, 0.15) is 11.9 Å².